The van der Waals surface area contributed by atoms with E-state index in [9.17, 15) is 0 Å². The summed E-state index contributed by atoms with van der Waals surface area (Å²) in [6, 6.07) is 5.89. The maximum Gasteiger partial charge on any atom is 0.161 e. The fraction of sp³-hybridized carbons (Fsp3) is 0.333. The Hall–Kier alpha value is -2.34. The van der Waals surface area contributed by atoms with Crippen molar-refractivity contribution in [1.82, 2.24) is 19.9 Å². The number of nitrogens with zero attached hydrogens (tertiary/aromatic N) is 4. The molecule has 124 valence electrons. The first-order valence-corrected chi connectivity index (χ1v) is 8.92. The molecule has 0 bridgehead atoms. The largest absolute Gasteiger partial charge is 0.370 e. The maximum absolute atomic E-state index is 4.65. The monoisotopic (exact) mass is 339 g/mol. The summed E-state index contributed by atoms with van der Waals surface area (Å²) >= 11 is 1.77. The molecule has 0 saturated heterocycles. The summed E-state index contributed by atoms with van der Waals surface area (Å²) in [6.45, 7) is 7.05. The molecule has 3 rings (SSSR count). The molecule has 0 radical (unpaired) electrons. The number of rotatable bonds is 6. The van der Waals surface area contributed by atoms with Crippen molar-refractivity contribution in [1.29, 1.82) is 0 Å². The van der Waals surface area contributed by atoms with Crippen molar-refractivity contribution in [2.45, 2.75) is 33.6 Å². The molecule has 3 aromatic heterocycles. The van der Waals surface area contributed by atoms with Gasteiger partial charge in [-0.15, -0.1) is 11.3 Å². The Kier molecular flexibility index (Phi) is 5.15. The van der Waals surface area contributed by atoms with Crippen LogP contribution in [0, 0.1) is 13.8 Å². The van der Waals surface area contributed by atoms with Gasteiger partial charge in [-0.25, -0.2) is 15.0 Å². The van der Waals surface area contributed by atoms with E-state index in [1.807, 2.05) is 25.1 Å². The van der Waals surface area contributed by atoms with Crippen LogP contribution in [-0.4, -0.2) is 26.5 Å². The van der Waals surface area contributed by atoms with Crippen LogP contribution in [0.15, 0.2) is 30.6 Å². The van der Waals surface area contributed by atoms with Crippen molar-refractivity contribution in [2.24, 2.45) is 0 Å². The molecule has 0 aliphatic carbocycles. The van der Waals surface area contributed by atoms with Crippen molar-refractivity contribution >= 4 is 17.2 Å². The summed E-state index contributed by atoms with van der Waals surface area (Å²) in [7, 11) is 0. The standard InChI is InChI=1S/C18H21N5S/c1-4-15-11-17(20-10-7-16-12(2)21-13(3)24-16)23-18(22-15)14-5-8-19-9-6-14/h5-6,8-9,11H,4,7,10H2,1-3H3,(H,20,22,23). The van der Waals surface area contributed by atoms with E-state index in [-0.39, 0.29) is 0 Å². The first-order valence-electron chi connectivity index (χ1n) is 8.11. The highest BCUT2D eigenvalue weighted by atomic mass is 32.1. The number of hydrogen-bond acceptors (Lipinski definition) is 6. The second kappa shape index (κ2) is 7.49. The summed E-state index contributed by atoms with van der Waals surface area (Å²) in [5.74, 6) is 1.61. The van der Waals surface area contributed by atoms with E-state index >= 15 is 0 Å². The Morgan fingerprint density at radius 3 is 2.54 bits per heavy atom. The van der Waals surface area contributed by atoms with Crippen LogP contribution in [0.5, 0.6) is 0 Å². The normalized spacial score (nSPS) is 10.8. The minimum Gasteiger partial charge on any atom is -0.370 e. The lowest BCUT2D eigenvalue weighted by atomic mass is 10.2. The molecule has 0 fully saturated rings. The number of hydrogen-bond donors (Lipinski definition) is 1. The van der Waals surface area contributed by atoms with E-state index in [1.54, 1.807) is 23.7 Å². The molecule has 1 N–H and O–H groups in total. The number of anilines is 1. The van der Waals surface area contributed by atoms with Gasteiger partial charge >= 0.3 is 0 Å². The number of aromatic nitrogens is 4. The first kappa shape index (κ1) is 16.5. The summed E-state index contributed by atoms with van der Waals surface area (Å²) in [6.07, 6.45) is 5.36. The maximum atomic E-state index is 4.65. The Morgan fingerprint density at radius 1 is 1.08 bits per heavy atom. The SMILES string of the molecule is CCc1cc(NCCc2sc(C)nc2C)nc(-c2ccncc2)n1. The number of aryl methyl sites for hydroxylation is 3. The van der Waals surface area contributed by atoms with Gasteiger partial charge in [0.25, 0.3) is 0 Å². The Morgan fingerprint density at radius 2 is 1.88 bits per heavy atom. The second-order valence-electron chi connectivity index (χ2n) is 5.58. The van der Waals surface area contributed by atoms with Gasteiger partial charge in [0, 0.05) is 47.6 Å². The third kappa shape index (κ3) is 3.94. The van der Waals surface area contributed by atoms with E-state index in [1.165, 1.54) is 4.88 Å². The molecule has 5 nitrogen and oxygen atoms in total. The zero-order valence-corrected chi connectivity index (χ0v) is 15.0. The lowest BCUT2D eigenvalue weighted by Gasteiger charge is -2.09. The molecule has 0 amide bonds. The van der Waals surface area contributed by atoms with Crippen LogP contribution in [-0.2, 0) is 12.8 Å². The smallest absolute Gasteiger partial charge is 0.161 e. The van der Waals surface area contributed by atoms with Crippen molar-refractivity contribution in [3.8, 4) is 11.4 Å². The van der Waals surface area contributed by atoms with Gasteiger partial charge in [0.05, 0.1) is 10.7 Å². The summed E-state index contributed by atoms with van der Waals surface area (Å²) in [5, 5.41) is 4.55. The van der Waals surface area contributed by atoms with Gasteiger partial charge in [-0.1, -0.05) is 6.92 Å². The third-order valence-corrected chi connectivity index (χ3v) is 4.87. The highest BCUT2D eigenvalue weighted by molar-refractivity contribution is 7.11. The van der Waals surface area contributed by atoms with E-state index in [2.05, 4.69) is 39.1 Å². The molecule has 3 heterocycles. The predicted molar refractivity (Wildman–Crippen MR) is 98.4 cm³/mol. The minimum atomic E-state index is 0.740. The first-order chi connectivity index (χ1) is 11.7. The van der Waals surface area contributed by atoms with Gasteiger partial charge in [-0.3, -0.25) is 4.98 Å². The van der Waals surface area contributed by atoms with Crippen molar-refractivity contribution in [3.05, 3.63) is 51.9 Å². The van der Waals surface area contributed by atoms with E-state index in [0.717, 1.165) is 53.0 Å². The van der Waals surface area contributed by atoms with Gasteiger partial charge in [0.15, 0.2) is 5.82 Å². The molecule has 0 spiro atoms. The average molecular weight is 339 g/mol. The number of nitrogens with one attached hydrogen (secondary N) is 1. The van der Waals surface area contributed by atoms with Crippen LogP contribution in [0.25, 0.3) is 11.4 Å². The zero-order valence-electron chi connectivity index (χ0n) is 14.2. The quantitative estimate of drug-likeness (QED) is 0.739. The Bertz CT molecular complexity index is 814. The average Bonchev–Trinajstić information content (AvgIpc) is 2.93. The van der Waals surface area contributed by atoms with Gasteiger partial charge in [0.1, 0.15) is 5.82 Å². The molecule has 0 aliphatic rings. The predicted octanol–water partition coefficient (Wildman–Crippen LogP) is 3.83. The lowest BCUT2D eigenvalue weighted by Crippen LogP contribution is -2.08. The molecule has 0 aromatic carbocycles. The summed E-state index contributed by atoms with van der Waals surface area (Å²) in [5.41, 5.74) is 3.15. The Balaban J connectivity index is 1.74. The minimum absolute atomic E-state index is 0.740. The third-order valence-electron chi connectivity index (χ3n) is 3.74. The van der Waals surface area contributed by atoms with Crippen LogP contribution >= 0.6 is 11.3 Å². The molecular formula is C18H21N5S. The Labute approximate surface area is 146 Å². The molecule has 0 atom stereocenters. The van der Waals surface area contributed by atoms with Crippen molar-refractivity contribution in [2.75, 3.05) is 11.9 Å². The van der Waals surface area contributed by atoms with Crippen LogP contribution in [0.4, 0.5) is 5.82 Å². The van der Waals surface area contributed by atoms with Gasteiger partial charge < -0.3 is 5.32 Å². The second-order valence-corrected chi connectivity index (χ2v) is 6.86. The van der Waals surface area contributed by atoms with Crippen molar-refractivity contribution in [3.63, 3.8) is 0 Å². The lowest BCUT2D eigenvalue weighted by molar-refractivity contribution is 0.972. The highest BCUT2D eigenvalue weighted by Gasteiger charge is 2.08. The zero-order chi connectivity index (χ0) is 16.9. The van der Waals surface area contributed by atoms with Gasteiger partial charge in [-0.2, -0.15) is 0 Å². The summed E-state index contributed by atoms with van der Waals surface area (Å²) < 4.78 is 0. The fourth-order valence-corrected chi connectivity index (χ4v) is 3.45. The molecule has 24 heavy (non-hydrogen) atoms. The number of thiazole rings is 1. The van der Waals surface area contributed by atoms with Crippen LogP contribution in [0.1, 0.15) is 28.2 Å². The van der Waals surface area contributed by atoms with E-state index < -0.39 is 0 Å². The molecule has 6 heteroatoms. The van der Waals surface area contributed by atoms with E-state index in [4.69, 9.17) is 0 Å². The van der Waals surface area contributed by atoms with Crippen LogP contribution in [0.2, 0.25) is 0 Å². The van der Waals surface area contributed by atoms with E-state index in [0.29, 0.717) is 0 Å². The molecule has 3 aromatic rings. The van der Waals surface area contributed by atoms with Crippen LogP contribution in [0.3, 0.4) is 0 Å². The number of pyridine rings is 1. The van der Waals surface area contributed by atoms with Gasteiger partial charge in [0.2, 0.25) is 0 Å². The van der Waals surface area contributed by atoms with Gasteiger partial charge in [-0.05, 0) is 32.4 Å². The molecule has 0 aliphatic heterocycles. The van der Waals surface area contributed by atoms with Crippen molar-refractivity contribution < 1.29 is 0 Å². The van der Waals surface area contributed by atoms with Crippen LogP contribution < -0.4 is 5.32 Å². The summed E-state index contributed by atoms with van der Waals surface area (Å²) in [4.78, 5) is 19.1. The fourth-order valence-electron chi connectivity index (χ4n) is 2.51. The molecule has 0 unspecified atom stereocenters. The highest BCUT2D eigenvalue weighted by Crippen LogP contribution is 2.19. The molecular weight excluding hydrogens is 318 g/mol. The molecule has 0 saturated carbocycles. The topological polar surface area (TPSA) is 63.6 Å².